The molecule has 0 unspecified atom stereocenters. The van der Waals surface area contributed by atoms with E-state index in [9.17, 15) is 9.59 Å². The highest BCUT2D eigenvalue weighted by molar-refractivity contribution is 5.76. The predicted molar refractivity (Wildman–Crippen MR) is 54.1 cm³/mol. The highest BCUT2D eigenvalue weighted by Gasteiger charge is 2.17. The van der Waals surface area contributed by atoms with Crippen molar-refractivity contribution in [2.45, 2.75) is 25.9 Å². The van der Waals surface area contributed by atoms with Gasteiger partial charge in [0.25, 0.3) is 0 Å². The van der Waals surface area contributed by atoms with Crippen LogP contribution in [0.3, 0.4) is 0 Å². The van der Waals surface area contributed by atoms with E-state index in [1.807, 2.05) is 0 Å². The van der Waals surface area contributed by atoms with Crippen LogP contribution in [0.15, 0.2) is 0 Å². The molecule has 0 radical (unpaired) electrons. The molecule has 1 saturated heterocycles. The van der Waals surface area contributed by atoms with Crippen LogP contribution in [0.25, 0.3) is 0 Å². The second-order valence-corrected chi connectivity index (χ2v) is 3.46. The van der Waals surface area contributed by atoms with Crippen molar-refractivity contribution in [3.05, 3.63) is 0 Å². The van der Waals surface area contributed by atoms with E-state index in [2.05, 4.69) is 5.32 Å². The van der Waals surface area contributed by atoms with Crippen molar-refractivity contribution in [1.29, 1.82) is 0 Å². The number of aliphatic hydroxyl groups excluding tert-OH is 1. The van der Waals surface area contributed by atoms with Crippen LogP contribution in [0.2, 0.25) is 0 Å². The highest BCUT2D eigenvalue weighted by atomic mass is 16.4. The number of piperidine rings is 1. The average Bonchev–Trinajstić information content (AvgIpc) is 2.20. The lowest BCUT2D eigenvalue weighted by molar-refractivity contribution is -0.145. The lowest BCUT2D eigenvalue weighted by atomic mass is 9.99. The Kier molecular flexibility index (Phi) is 6.64. The third-order valence-electron chi connectivity index (χ3n) is 2.06. The zero-order chi connectivity index (χ0) is 11.8. The fraction of sp³-hybridized carbons (Fsp3) is 0.778. The number of rotatable bonds is 2. The number of nitrogens with two attached hydrogens (primary N) is 1. The van der Waals surface area contributed by atoms with Gasteiger partial charge in [0, 0.05) is 6.54 Å². The largest absolute Gasteiger partial charge is 0.479 e. The average molecular weight is 218 g/mol. The second-order valence-electron chi connectivity index (χ2n) is 3.46. The molecule has 15 heavy (non-hydrogen) atoms. The molecule has 1 amide bonds. The molecule has 6 nitrogen and oxygen atoms in total. The van der Waals surface area contributed by atoms with Gasteiger partial charge in [-0.25, -0.2) is 4.79 Å². The van der Waals surface area contributed by atoms with Crippen LogP contribution in [0.1, 0.15) is 19.8 Å². The van der Waals surface area contributed by atoms with E-state index in [1.165, 1.54) is 6.92 Å². The molecule has 0 aliphatic carbocycles. The Morgan fingerprint density at radius 1 is 1.53 bits per heavy atom. The first-order valence-electron chi connectivity index (χ1n) is 4.86. The maximum Gasteiger partial charge on any atom is 0.332 e. The topological polar surface area (TPSA) is 113 Å². The molecule has 0 saturated carbocycles. The summed E-state index contributed by atoms with van der Waals surface area (Å²) in [6.07, 6.45) is 0.806. The molecule has 0 aromatic heterocycles. The summed E-state index contributed by atoms with van der Waals surface area (Å²) in [4.78, 5) is 20.0. The summed E-state index contributed by atoms with van der Waals surface area (Å²) in [5, 5.41) is 18.9. The van der Waals surface area contributed by atoms with E-state index in [0.29, 0.717) is 0 Å². The SMILES string of the molecule is C[C@@H](O)C(=O)O.NC(=O)[C@H]1CCCNC1. The van der Waals surface area contributed by atoms with Crippen molar-refractivity contribution < 1.29 is 19.8 Å². The summed E-state index contributed by atoms with van der Waals surface area (Å²) < 4.78 is 0. The van der Waals surface area contributed by atoms with Gasteiger partial charge in [-0.05, 0) is 26.3 Å². The smallest absolute Gasteiger partial charge is 0.332 e. The quantitative estimate of drug-likeness (QED) is 0.471. The fourth-order valence-corrected chi connectivity index (χ4v) is 1.09. The lowest BCUT2D eigenvalue weighted by Gasteiger charge is -2.18. The molecule has 6 heteroatoms. The molecular formula is C9H18N2O4. The van der Waals surface area contributed by atoms with Gasteiger partial charge < -0.3 is 21.3 Å². The number of nitrogens with one attached hydrogen (secondary N) is 1. The molecule has 0 spiro atoms. The maximum absolute atomic E-state index is 10.5. The van der Waals surface area contributed by atoms with Gasteiger partial charge in [-0.15, -0.1) is 0 Å². The van der Waals surface area contributed by atoms with Crippen molar-refractivity contribution in [3.63, 3.8) is 0 Å². The third kappa shape index (κ3) is 6.87. The van der Waals surface area contributed by atoms with Gasteiger partial charge in [-0.3, -0.25) is 4.79 Å². The number of hydrogen-bond acceptors (Lipinski definition) is 4. The first-order chi connectivity index (χ1) is 6.95. The molecule has 0 bridgehead atoms. The highest BCUT2D eigenvalue weighted by Crippen LogP contribution is 2.07. The van der Waals surface area contributed by atoms with Gasteiger partial charge in [0.05, 0.1) is 5.92 Å². The monoisotopic (exact) mass is 218 g/mol. The minimum atomic E-state index is -1.23. The van der Waals surface area contributed by atoms with E-state index in [0.717, 1.165) is 25.9 Å². The number of aliphatic hydroxyl groups is 1. The Labute approximate surface area is 88.5 Å². The molecule has 1 heterocycles. The van der Waals surface area contributed by atoms with Gasteiger partial charge in [0.15, 0.2) is 0 Å². The van der Waals surface area contributed by atoms with Gasteiger partial charge in [-0.1, -0.05) is 0 Å². The number of carboxylic acid groups (broad SMARTS) is 1. The van der Waals surface area contributed by atoms with Gasteiger partial charge in [0.1, 0.15) is 6.10 Å². The first kappa shape index (κ1) is 13.9. The molecule has 1 rings (SSSR count). The van der Waals surface area contributed by atoms with Crippen molar-refractivity contribution in [1.82, 2.24) is 5.32 Å². The first-order valence-corrected chi connectivity index (χ1v) is 4.86. The molecule has 0 aromatic rings. The molecule has 1 aliphatic heterocycles. The zero-order valence-corrected chi connectivity index (χ0v) is 8.77. The Morgan fingerprint density at radius 3 is 2.27 bits per heavy atom. The summed E-state index contributed by atoms with van der Waals surface area (Å²) in [5.41, 5.74) is 5.09. The molecule has 1 aliphatic rings. The Morgan fingerprint density at radius 2 is 2.07 bits per heavy atom. The van der Waals surface area contributed by atoms with Crippen LogP contribution in [-0.4, -0.2) is 41.3 Å². The van der Waals surface area contributed by atoms with Gasteiger partial charge >= 0.3 is 5.97 Å². The summed E-state index contributed by atoms with van der Waals surface area (Å²) in [6, 6.07) is 0. The molecule has 0 aromatic carbocycles. The molecule has 2 atom stereocenters. The number of carbonyl (C=O) groups is 2. The normalized spacial score (nSPS) is 22.1. The number of carbonyl (C=O) groups excluding carboxylic acids is 1. The van der Waals surface area contributed by atoms with E-state index < -0.39 is 12.1 Å². The van der Waals surface area contributed by atoms with Crippen molar-refractivity contribution >= 4 is 11.9 Å². The Hall–Kier alpha value is -1.14. The van der Waals surface area contributed by atoms with Crippen molar-refractivity contribution in [2.24, 2.45) is 11.7 Å². The summed E-state index contributed by atoms with van der Waals surface area (Å²) >= 11 is 0. The van der Waals surface area contributed by atoms with Crippen LogP contribution in [0.4, 0.5) is 0 Å². The molecular weight excluding hydrogens is 200 g/mol. The van der Waals surface area contributed by atoms with E-state index in [-0.39, 0.29) is 11.8 Å². The number of amides is 1. The minimum Gasteiger partial charge on any atom is -0.479 e. The summed E-state index contributed by atoms with van der Waals surface area (Å²) in [6.45, 7) is 3.00. The summed E-state index contributed by atoms with van der Waals surface area (Å²) in [5.74, 6) is -1.27. The van der Waals surface area contributed by atoms with E-state index in [4.69, 9.17) is 15.9 Å². The van der Waals surface area contributed by atoms with Crippen LogP contribution in [-0.2, 0) is 9.59 Å². The van der Waals surface area contributed by atoms with E-state index >= 15 is 0 Å². The Balaban J connectivity index is 0.000000288. The van der Waals surface area contributed by atoms with Crippen LogP contribution < -0.4 is 11.1 Å². The number of hydrogen-bond donors (Lipinski definition) is 4. The number of primary amides is 1. The van der Waals surface area contributed by atoms with Crippen molar-refractivity contribution in [3.8, 4) is 0 Å². The lowest BCUT2D eigenvalue weighted by Crippen LogP contribution is -2.37. The molecule has 1 fully saturated rings. The number of carboxylic acids is 1. The van der Waals surface area contributed by atoms with Gasteiger partial charge in [-0.2, -0.15) is 0 Å². The summed E-state index contributed by atoms with van der Waals surface area (Å²) in [7, 11) is 0. The predicted octanol–water partition coefficient (Wildman–Crippen LogP) is -1.08. The zero-order valence-electron chi connectivity index (χ0n) is 8.77. The van der Waals surface area contributed by atoms with Crippen molar-refractivity contribution in [2.75, 3.05) is 13.1 Å². The maximum atomic E-state index is 10.5. The van der Waals surface area contributed by atoms with E-state index in [1.54, 1.807) is 0 Å². The fourth-order valence-electron chi connectivity index (χ4n) is 1.09. The Bertz CT molecular complexity index is 212. The van der Waals surface area contributed by atoms with Crippen LogP contribution in [0.5, 0.6) is 0 Å². The molecule has 5 N–H and O–H groups in total. The standard InChI is InChI=1S/C6H12N2O.C3H6O3/c7-6(9)5-2-1-3-8-4-5;1-2(4)3(5)6/h5,8H,1-4H2,(H2,7,9);2,4H,1H3,(H,5,6)/t5-;2-/m01/s1. The van der Waals surface area contributed by atoms with Gasteiger partial charge in [0.2, 0.25) is 5.91 Å². The molecule has 88 valence electrons. The van der Waals surface area contributed by atoms with Crippen LogP contribution >= 0.6 is 0 Å². The number of aliphatic carboxylic acids is 1. The third-order valence-corrected chi connectivity index (χ3v) is 2.06. The second kappa shape index (κ2) is 7.19. The van der Waals surface area contributed by atoms with Crippen LogP contribution in [0, 0.1) is 5.92 Å². The minimum absolute atomic E-state index is 0.0822.